The van der Waals surface area contributed by atoms with Crippen molar-refractivity contribution in [3.63, 3.8) is 0 Å². The van der Waals surface area contributed by atoms with Crippen LogP contribution in [0.4, 0.5) is 0 Å². The zero-order valence-corrected chi connectivity index (χ0v) is 16.4. The van der Waals surface area contributed by atoms with Gasteiger partial charge in [0.15, 0.2) is 17.3 Å². The summed E-state index contributed by atoms with van der Waals surface area (Å²) in [6, 6.07) is 0. The molecule has 0 aliphatic heterocycles. The third-order valence-corrected chi connectivity index (χ3v) is 1.24. The SMILES string of the molecule is CC(=O)C=C(C)O.CC(=O)C=C(C)O.CC(=O)C=C(C)O.O.[Gd]. The number of aliphatic hydroxyl groups excluding tert-OH is 3. The van der Waals surface area contributed by atoms with Gasteiger partial charge in [-0.1, -0.05) is 0 Å². The van der Waals surface area contributed by atoms with Crippen LogP contribution in [0.25, 0.3) is 0 Å². The minimum atomic E-state index is -0.125. The molecule has 0 unspecified atom stereocenters. The Balaban J connectivity index is -0.0000000675. The standard InChI is InChI=1S/3C5H8O2.Gd.H2O/c3*1-4(6)3-5(2)7;;/h3*3,6H,1-2H3;;1H2. The number of ketones is 3. The Morgan fingerprint density at radius 2 is 0.696 bits per heavy atom. The Hall–Kier alpha value is -1.09. The molecular weight excluding hydrogens is 449 g/mol. The number of hydrogen-bond donors (Lipinski definition) is 3. The first-order valence-electron chi connectivity index (χ1n) is 6.02. The van der Waals surface area contributed by atoms with E-state index in [1.807, 2.05) is 0 Å². The van der Waals surface area contributed by atoms with Crippen LogP contribution in [0.2, 0.25) is 0 Å². The van der Waals surface area contributed by atoms with E-state index < -0.39 is 0 Å². The van der Waals surface area contributed by atoms with Gasteiger partial charge in [0.05, 0.1) is 17.3 Å². The Morgan fingerprint density at radius 3 is 0.696 bits per heavy atom. The van der Waals surface area contributed by atoms with Crippen molar-refractivity contribution < 1.29 is 75.1 Å². The fourth-order valence-corrected chi connectivity index (χ4v) is 0.882. The third kappa shape index (κ3) is 62.8. The predicted octanol–water partition coefficient (Wildman–Crippen LogP) is 2.29. The molecule has 23 heavy (non-hydrogen) atoms. The van der Waals surface area contributed by atoms with Crippen molar-refractivity contribution in [3.05, 3.63) is 35.5 Å². The molecule has 136 valence electrons. The maximum absolute atomic E-state index is 10.0. The van der Waals surface area contributed by atoms with Gasteiger partial charge >= 0.3 is 0 Å². The molecule has 0 spiro atoms. The van der Waals surface area contributed by atoms with E-state index >= 15 is 0 Å². The number of carbonyl (C=O) groups is 3. The average molecular weight is 476 g/mol. The summed E-state index contributed by atoms with van der Waals surface area (Å²) in [6.07, 6.45) is 3.50. The Kier molecular flexibility index (Phi) is 30.5. The molecule has 7 nitrogen and oxygen atoms in total. The van der Waals surface area contributed by atoms with Crippen molar-refractivity contribution in [2.24, 2.45) is 0 Å². The molecule has 0 bridgehead atoms. The second-order valence-corrected chi connectivity index (χ2v) is 4.19. The van der Waals surface area contributed by atoms with E-state index in [0.717, 1.165) is 0 Å². The molecule has 0 aromatic rings. The van der Waals surface area contributed by atoms with Gasteiger partial charge in [0.1, 0.15) is 0 Å². The van der Waals surface area contributed by atoms with Crippen LogP contribution in [0.5, 0.6) is 0 Å². The first kappa shape index (κ1) is 33.5. The van der Waals surface area contributed by atoms with Gasteiger partial charge in [-0.2, -0.15) is 0 Å². The van der Waals surface area contributed by atoms with Crippen molar-refractivity contribution in [1.82, 2.24) is 0 Å². The Bertz CT molecular complexity index is 370. The number of allylic oxidation sites excluding steroid dienone is 6. The summed E-state index contributed by atoms with van der Waals surface area (Å²) >= 11 is 0. The summed E-state index contributed by atoms with van der Waals surface area (Å²) in [6.45, 7) is 8.54. The van der Waals surface area contributed by atoms with Gasteiger partial charge in [0, 0.05) is 58.2 Å². The van der Waals surface area contributed by atoms with Crippen LogP contribution < -0.4 is 0 Å². The molecule has 0 saturated heterocycles. The zero-order valence-electron chi connectivity index (χ0n) is 14.2. The average Bonchev–Trinajstić information content (AvgIpc) is 2.10. The van der Waals surface area contributed by atoms with E-state index in [9.17, 15) is 14.4 Å². The van der Waals surface area contributed by atoms with E-state index in [1.54, 1.807) is 0 Å². The summed E-state index contributed by atoms with van der Waals surface area (Å²) in [5.74, 6) is -0.187. The molecule has 8 heteroatoms. The molecule has 0 atom stereocenters. The smallest absolute Gasteiger partial charge is 0.155 e. The maximum Gasteiger partial charge on any atom is 0.155 e. The fourth-order valence-electron chi connectivity index (χ4n) is 0.882. The van der Waals surface area contributed by atoms with Crippen LogP contribution >= 0.6 is 0 Å². The van der Waals surface area contributed by atoms with E-state index in [2.05, 4.69) is 0 Å². The van der Waals surface area contributed by atoms with Gasteiger partial charge in [-0.3, -0.25) is 14.4 Å². The summed E-state index contributed by atoms with van der Waals surface area (Å²) in [5, 5.41) is 25.1. The van der Waals surface area contributed by atoms with Crippen molar-refractivity contribution >= 4 is 17.3 Å². The summed E-state index contributed by atoms with van der Waals surface area (Å²) in [5.41, 5.74) is 0. The summed E-state index contributed by atoms with van der Waals surface area (Å²) in [7, 11) is 0. The molecule has 0 aromatic carbocycles. The van der Waals surface area contributed by atoms with Crippen LogP contribution in [0.15, 0.2) is 35.5 Å². The van der Waals surface area contributed by atoms with E-state index in [0.29, 0.717) is 0 Å². The molecule has 5 N–H and O–H groups in total. The first-order chi connectivity index (χ1) is 9.38. The minimum Gasteiger partial charge on any atom is -0.512 e. The van der Waals surface area contributed by atoms with E-state index in [4.69, 9.17) is 15.3 Å². The van der Waals surface area contributed by atoms with Gasteiger partial charge < -0.3 is 20.8 Å². The topological polar surface area (TPSA) is 143 Å². The van der Waals surface area contributed by atoms with Crippen LogP contribution in [0.3, 0.4) is 0 Å². The summed E-state index contributed by atoms with van der Waals surface area (Å²) < 4.78 is 0. The van der Waals surface area contributed by atoms with Gasteiger partial charge in [0.2, 0.25) is 0 Å². The van der Waals surface area contributed by atoms with Crippen molar-refractivity contribution in [2.75, 3.05) is 0 Å². The largest absolute Gasteiger partial charge is 0.512 e. The molecule has 0 heterocycles. The quantitative estimate of drug-likeness (QED) is 0.422. The zero-order chi connectivity index (χ0) is 17.6. The van der Waals surface area contributed by atoms with Crippen LogP contribution in [0.1, 0.15) is 41.5 Å². The number of hydrogen-bond acceptors (Lipinski definition) is 6. The number of aliphatic hydroxyl groups is 3. The van der Waals surface area contributed by atoms with E-state index in [-0.39, 0.29) is 80.0 Å². The van der Waals surface area contributed by atoms with Crippen molar-refractivity contribution in [2.45, 2.75) is 41.5 Å². The van der Waals surface area contributed by atoms with Gasteiger partial charge in [-0.15, -0.1) is 0 Å². The molecule has 0 radical (unpaired) electrons. The van der Waals surface area contributed by atoms with Crippen LogP contribution in [-0.2, 0) is 14.4 Å². The second-order valence-electron chi connectivity index (χ2n) is 4.19. The third-order valence-electron chi connectivity index (χ3n) is 1.24. The van der Waals surface area contributed by atoms with Crippen LogP contribution in [0, 0.1) is 39.9 Å². The first-order valence-corrected chi connectivity index (χ1v) is 6.02. The molecule has 0 saturated carbocycles. The van der Waals surface area contributed by atoms with Crippen molar-refractivity contribution in [3.8, 4) is 0 Å². The number of rotatable bonds is 3. The maximum atomic E-state index is 10.0. The second kappa shape index (κ2) is 20.9. The predicted molar refractivity (Wildman–Crippen MR) is 84.8 cm³/mol. The monoisotopic (exact) mass is 476 g/mol. The molecule has 0 aromatic heterocycles. The van der Waals surface area contributed by atoms with Gasteiger partial charge in [-0.05, 0) is 41.5 Å². The number of carbonyl (C=O) groups excluding carboxylic acids is 3. The van der Waals surface area contributed by atoms with Gasteiger partial charge in [0.25, 0.3) is 0 Å². The molecule has 0 aliphatic rings. The molecule has 0 aliphatic carbocycles. The van der Waals surface area contributed by atoms with E-state index in [1.165, 1.54) is 59.8 Å². The Labute approximate surface area is 168 Å². The molecule has 0 amide bonds. The van der Waals surface area contributed by atoms with Crippen LogP contribution in [-0.4, -0.2) is 38.1 Å². The van der Waals surface area contributed by atoms with Gasteiger partial charge in [-0.25, -0.2) is 0 Å². The minimum absolute atomic E-state index is 0. The normalized spacial score (nSPS) is 10.4. The Morgan fingerprint density at radius 1 is 0.565 bits per heavy atom. The molecule has 0 rings (SSSR count). The molecular formula is C15H26GdO7. The van der Waals surface area contributed by atoms with Crippen molar-refractivity contribution in [1.29, 1.82) is 0 Å². The summed E-state index contributed by atoms with van der Waals surface area (Å²) in [4.78, 5) is 30.1. The fraction of sp³-hybridized carbons (Fsp3) is 0.400. The molecule has 0 fully saturated rings.